The van der Waals surface area contributed by atoms with Crippen molar-refractivity contribution >= 4 is 23.6 Å². The van der Waals surface area contributed by atoms with Crippen molar-refractivity contribution in [3.63, 3.8) is 0 Å². The summed E-state index contributed by atoms with van der Waals surface area (Å²) in [6.07, 6.45) is 11.1. The van der Waals surface area contributed by atoms with Gasteiger partial charge in [0.2, 0.25) is 11.8 Å². The second kappa shape index (κ2) is 9.75. The number of carbonyl (C=O) groups excluding carboxylic acids is 2. The zero-order valence-corrected chi connectivity index (χ0v) is 17.8. The standard InChI is InChI=1S/C24H33N3O3/c28-22(11-8-20-6-9-21(10-7-20)27-14-4-5-23(27)29)25-19-24(12-2-1-3-13-24)26-15-17-30-18-16-26/h6-11H,1-5,12-19H2,(H,25,28)/b11-8+. The fourth-order valence-corrected chi connectivity index (χ4v) is 5.02. The first-order valence-electron chi connectivity index (χ1n) is 11.4. The molecule has 162 valence electrons. The molecule has 2 saturated heterocycles. The SMILES string of the molecule is O=C(/C=C/c1ccc(N2CCCC2=O)cc1)NCC1(N2CCOCC2)CCCCC1. The van der Waals surface area contributed by atoms with E-state index in [0.29, 0.717) is 13.0 Å². The molecule has 6 heteroatoms. The van der Waals surface area contributed by atoms with Gasteiger partial charge in [0.1, 0.15) is 0 Å². The van der Waals surface area contributed by atoms with Crippen LogP contribution in [0.5, 0.6) is 0 Å². The van der Waals surface area contributed by atoms with Crippen LogP contribution in [0.25, 0.3) is 6.08 Å². The van der Waals surface area contributed by atoms with Gasteiger partial charge in [-0.3, -0.25) is 14.5 Å². The Labute approximate surface area is 179 Å². The summed E-state index contributed by atoms with van der Waals surface area (Å²) in [4.78, 5) is 28.7. The number of benzene rings is 1. The lowest BCUT2D eigenvalue weighted by atomic mass is 9.79. The van der Waals surface area contributed by atoms with Gasteiger partial charge >= 0.3 is 0 Å². The maximum Gasteiger partial charge on any atom is 0.244 e. The van der Waals surface area contributed by atoms with Gasteiger partial charge in [-0.25, -0.2) is 0 Å². The first kappa shape index (κ1) is 21.1. The largest absolute Gasteiger partial charge is 0.379 e. The molecule has 0 radical (unpaired) electrons. The average Bonchev–Trinajstić information content (AvgIpc) is 3.24. The van der Waals surface area contributed by atoms with Gasteiger partial charge in [0.15, 0.2) is 0 Å². The van der Waals surface area contributed by atoms with E-state index in [0.717, 1.165) is 63.4 Å². The number of hydrogen-bond donors (Lipinski definition) is 1. The summed E-state index contributed by atoms with van der Waals surface area (Å²) in [6.45, 7) is 4.98. The van der Waals surface area contributed by atoms with E-state index in [4.69, 9.17) is 4.74 Å². The predicted molar refractivity (Wildman–Crippen MR) is 118 cm³/mol. The van der Waals surface area contributed by atoms with E-state index >= 15 is 0 Å². The van der Waals surface area contributed by atoms with Crippen molar-refractivity contribution in [3.05, 3.63) is 35.9 Å². The maximum atomic E-state index is 12.5. The normalized spacial score (nSPS) is 22.5. The summed E-state index contributed by atoms with van der Waals surface area (Å²) in [5.41, 5.74) is 1.97. The molecule has 1 saturated carbocycles. The Bertz CT molecular complexity index is 762. The highest BCUT2D eigenvalue weighted by Crippen LogP contribution is 2.33. The van der Waals surface area contributed by atoms with E-state index < -0.39 is 0 Å². The summed E-state index contributed by atoms with van der Waals surface area (Å²) in [7, 11) is 0. The van der Waals surface area contributed by atoms with Crippen molar-refractivity contribution in [3.8, 4) is 0 Å². The number of amides is 2. The molecule has 1 aromatic carbocycles. The Kier molecular flexibility index (Phi) is 6.85. The van der Waals surface area contributed by atoms with E-state index in [9.17, 15) is 9.59 Å². The Hall–Kier alpha value is -2.18. The van der Waals surface area contributed by atoms with Gasteiger partial charge in [-0.2, -0.15) is 0 Å². The summed E-state index contributed by atoms with van der Waals surface area (Å²) in [5, 5.41) is 3.16. The van der Waals surface area contributed by atoms with Crippen LogP contribution in [0.1, 0.15) is 50.5 Å². The number of anilines is 1. The number of morpholine rings is 1. The van der Waals surface area contributed by atoms with Crippen LogP contribution >= 0.6 is 0 Å². The molecule has 4 rings (SSSR count). The monoisotopic (exact) mass is 411 g/mol. The molecule has 30 heavy (non-hydrogen) atoms. The van der Waals surface area contributed by atoms with E-state index in [1.165, 1.54) is 19.3 Å². The lowest BCUT2D eigenvalue weighted by Gasteiger charge is -2.48. The van der Waals surface area contributed by atoms with Gasteiger partial charge in [0, 0.05) is 49.9 Å². The molecule has 2 heterocycles. The third-order valence-corrected chi connectivity index (χ3v) is 6.76. The van der Waals surface area contributed by atoms with Gasteiger partial charge in [0.05, 0.1) is 13.2 Å². The lowest BCUT2D eigenvalue weighted by Crippen LogP contribution is -2.59. The first-order valence-corrected chi connectivity index (χ1v) is 11.4. The van der Waals surface area contributed by atoms with Gasteiger partial charge in [0.25, 0.3) is 0 Å². The molecular formula is C24H33N3O3. The van der Waals surface area contributed by atoms with Crippen LogP contribution in [0, 0.1) is 0 Å². The fourth-order valence-electron chi connectivity index (χ4n) is 5.02. The van der Waals surface area contributed by atoms with Gasteiger partial charge in [-0.05, 0) is 43.0 Å². The summed E-state index contributed by atoms with van der Waals surface area (Å²) >= 11 is 0. The second-order valence-corrected chi connectivity index (χ2v) is 8.68. The van der Waals surface area contributed by atoms with Crippen molar-refractivity contribution < 1.29 is 14.3 Å². The Balaban J connectivity index is 1.33. The van der Waals surface area contributed by atoms with Crippen LogP contribution in [-0.2, 0) is 14.3 Å². The quantitative estimate of drug-likeness (QED) is 0.731. The van der Waals surface area contributed by atoms with Gasteiger partial charge < -0.3 is 15.0 Å². The van der Waals surface area contributed by atoms with Crippen LogP contribution in [0.4, 0.5) is 5.69 Å². The second-order valence-electron chi connectivity index (χ2n) is 8.68. The fraction of sp³-hybridized carbons (Fsp3) is 0.583. The van der Waals surface area contributed by atoms with Gasteiger partial charge in [-0.1, -0.05) is 31.4 Å². The molecule has 0 unspecified atom stereocenters. The molecule has 1 N–H and O–H groups in total. The van der Waals surface area contributed by atoms with E-state index in [2.05, 4.69) is 10.2 Å². The topological polar surface area (TPSA) is 61.9 Å². The highest BCUT2D eigenvalue weighted by molar-refractivity contribution is 5.95. The van der Waals surface area contributed by atoms with Crippen molar-refractivity contribution in [2.45, 2.75) is 50.5 Å². The minimum Gasteiger partial charge on any atom is -0.379 e. The Morgan fingerprint density at radius 2 is 1.77 bits per heavy atom. The number of rotatable bonds is 6. The molecule has 6 nitrogen and oxygen atoms in total. The molecule has 0 spiro atoms. The molecule has 2 amide bonds. The molecule has 3 aliphatic rings. The van der Waals surface area contributed by atoms with Crippen LogP contribution < -0.4 is 10.2 Å². The number of carbonyl (C=O) groups is 2. The lowest BCUT2D eigenvalue weighted by molar-refractivity contribution is -0.118. The van der Waals surface area contributed by atoms with E-state index in [1.54, 1.807) is 6.08 Å². The highest BCUT2D eigenvalue weighted by atomic mass is 16.5. The summed E-state index contributed by atoms with van der Waals surface area (Å²) < 4.78 is 5.53. The van der Waals surface area contributed by atoms with Crippen LogP contribution in [0.2, 0.25) is 0 Å². The molecule has 2 aliphatic heterocycles. The van der Waals surface area contributed by atoms with Crippen molar-refractivity contribution in [2.75, 3.05) is 44.3 Å². The van der Waals surface area contributed by atoms with Gasteiger partial charge in [-0.15, -0.1) is 0 Å². The smallest absolute Gasteiger partial charge is 0.244 e. The first-order chi connectivity index (χ1) is 14.7. The Morgan fingerprint density at radius 3 is 2.43 bits per heavy atom. The molecule has 1 aliphatic carbocycles. The summed E-state index contributed by atoms with van der Waals surface area (Å²) in [5.74, 6) is 0.140. The van der Waals surface area contributed by atoms with Crippen molar-refractivity contribution in [2.24, 2.45) is 0 Å². The third-order valence-electron chi connectivity index (χ3n) is 6.76. The molecule has 0 atom stereocenters. The zero-order valence-electron chi connectivity index (χ0n) is 17.8. The minimum absolute atomic E-state index is 0.0491. The van der Waals surface area contributed by atoms with Crippen molar-refractivity contribution in [1.82, 2.24) is 10.2 Å². The van der Waals surface area contributed by atoms with Crippen LogP contribution in [-0.4, -0.2) is 61.6 Å². The van der Waals surface area contributed by atoms with Crippen LogP contribution in [0.15, 0.2) is 30.3 Å². The van der Waals surface area contributed by atoms with E-state index in [1.807, 2.05) is 35.2 Å². The number of nitrogens with one attached hydrogen (secondary N) is 1. The maximum absolute atomic E-state index is 12.5. The average molecular weight is 412 g/mol. The number of nitrogens with zero attached hydrogens (tertiary/aromatic N) is 2. The third kappa shape index (κ3) is 4.93. The number of ether oxygens (including phenoxy) is 1. The summed E-state index contributed by atoms with van der Waals surface area (Å²) in [6, 6.07) is 7.83. The highest BCUT2D eigenvalue weighted by Gasteiger charge is 2.38. The van der Waals surface area contributed by atoms with Crippen molar-refractivity contribution in [1.29, 1.82) is 0 Å². The molecule has 0 bridgehead atoms. The predicted octanol–water partition coefficient (Wildman–Crippen LogP) is 2.98. The molecular weight excluding hydrogens is 378 g/mol. The Morgan fingerprint density at radius 1 is 1.03 bits per heavy atom. The van der Waals surface area contributed by atoms with Crippen LogP contribution in [0.3, 0.4) is 0 Å². The number of hydrogen-bond acceptors (Lipinski definition) is 4. The molecule has 0 aromatic heterocycles. The zero-order chi connectivity index (χ0) is 20.8. The molecule has 3 fully saturated rings. The minimum atomic E-state index is -0.0491. The van der Waals surface area contributed by atoms with E-state index in [-0.39, 0.29) is 17.4 Å². The molecule has 1 aromatic rings.